The summed E-state index contributed by atoms with van der Waals surface area (Å²) in [6.07, 6.45) is -1.07. The SMILES string of the molecule is CC[C@H](C)[C@H](NC(=O)[C@@H](N)CCC(N)=O)C(=O)N[C@@H](CC(C)C)C(=O)N1CCC[C@H]1C(=O)N[C@@H](CC(N)=O)C(=O)NCC(=O)N[C@H](C(=O)O)[C@@H](C)O. The Morgan fingerprint density at radius 2 is 1.46 bits per heavy atom. The van der Waals surface area contributed by atoms with Crippen LogP contribution in [0.15, 0.2) is 0 Å². The molecule has 1 heterocycles. The average Bonchev–Trinajstić information content (AvgIpc) is 3.55. The zero-order valence-electron chi connectivity index (χ0n) is 30.3. The van der Waals surface area contributed by atoms with E-state index in [0.717, 1.165) is 6.92 Å². The van der Waals surface area contributed by atoms with Crippen molar-refractivity contribution in [1.82, 2.24) is 31.5 Å². The highest BCUT2D eigenvalue weighted by atomic mass is 16.4. The lowest BCUT2D eigenvalue weighted by atomic mass is 9.96. The summed E-state index contributed by atoms with van der Waals surface area (Å²) >= 11 is 0. The molecule has 0 aromatic heterocycles. The van der Waals surface area contributed by atoms with E-state index in [4.69, 9.17) is 22.3 Å². The Morgan fingerprint density at radius 3 is 1.98 bits per heavy atom. The van der Waals surface area contributed by atoms with Crippen molar-refractivity contribution >= 4 is 53.2 Å². The topological polar surface area (TPSA) is 336 Å². The number of carbonyl (C=O) groups is 9. The third-order valence-electron chi connectivity index (χ3n) is 8.52. The molecule has 1 fully saturated rings. The van der Waals surface area contributed by atoms with E-state index in [1.165, 1.54) is 4.90 Å². The van der Waals surface area contributed by atoms with Crippen LogP contribution in [0.25, 0.3) is 0 Å². The van der Waals surface area contributed by atoms with Crippen LogP contribution in [0.2, 0.25) is 0 Å². The van der Waals surface area contributed by atoms with Gasteiger partial charge in [-0.25, -0.2) is 4.79 Å². The standard InChI is InChI=1S/C32H55N9O11/c1-6-16(4)25(40-27(46)18(33)9-10-22(34)43)30(49)38-20(12-15(2)3)31(50)41-11-7-8-21(41)29(48)37-19(13-23(35)44)28(47)36-14-24(45)39-26(17(5)42)32(51)52/h15-21,25-26,42H,6-14,33H2,1-5H3,(H2,34,43)(H2,35,44)(H,36,47)(H,37,48)(H,38,49)(H,39,45)(H,40,46)(H,51,52)/t16-,17+,18-,19-,20-,21-,25-,26-/m0/s1. The minimum absolute atomic E-state index is 0.0304. The van der Waals surface area contributed by atoms with Crippen LogP contribution in [-0.2, 0) is 43.2 Å². The third kappa shape index (κ3) is 14.8. The van der Waals surface area contributed by atoms with Crippen molar-refractivity contribution in [2.45, 2.75) is 122 Å². The van der Waals surface area contributed by atoms with Crippen LogP contribution in [0.5, 0.6) is 0 Å². The van der Waals surface area contributed by atoms with Gasteiger partial charge in [-0.3, -0.25) is 38.4 Å². The molecule has 0 saturated carbocycles. The summed E-state index contributed by atoms with van der Waals surface area (Å²) in [4.78, 5) is 114. The second-order valence-corrected chi connectivity index (χ2v) is 13.4. The van der Waals surface area contributed by atoms with Crippen LogP contribution in [0, 0.1) is 11.8 Å². The monoisotopic (exact) mass is 741 g/mol. The number of aliphatic hydroxyl groups is 1. The Balaban J connectivity index is 3.13. The third-order valence-corrected chi connectivity index (χ3v) is 8.52. The summed E-state index contributed by atoms with van der Waals surface area (Å²) in [6, 6.07) is -7.65. The summed E-state index contributed by atoms with van der Waals surface area (Å²) in [5.41, 5.74) is 16.3. The zero-order chi connectivity index (χ0) is 39.9. The van der Waals surface area contributed by atoms with Crippen molar-refractivity contribution in [3.05, 3.63) is 0 Å². The van der Waals surface area contributed by atoms with Gasteiger partial charge in [0.2, 0.25) is 47.3 Å². The average molecular weight is 742 g/mol. The summed E-state index contributed by atoms with van der Waals surface area (Å²) in [5, 5.41) is 30.6. The Hall–Kier alpha value is -4.85. The van der Waals surface area contributed by atoms with Gasteiger partial charge in [-0.05, 0) is 44.4 Å². The Morgan fingerprint density at radius 1 is 0.827 bits per heavy atom. The number of nitrogens with two attached hydrogens (primary N) is 3. The molecule has 8 atom stereocenters. The number of nitrogens with zero attached hydrogens (tertiary/aromatic N) is 1. The smallest absolute Gasteiger partial charge is 0.328 e. The largest absolute Gasteiger partial charge is 0.480 e. The molecule has 0 aromatic carbocycles. The molecule has 1 aliphatic rings. The molecule has 1 rings (SSSR count). The number of rotatable bonds is 22. The maximum Gasteiger partial charge on any atom is 0.328 e. The lowest BCUT2D eigenvalue weighted by Crippen LogP contribution is -2.60. The van der Waals surface area contributed by atoms with Gasteiger partial charge in [0, 0.05) is 13.0 Å². The number of nitrogens with one attached hydrogen (secondary N) is 5. The molecule has 52 heavy (non-hydrogen) atoms. The fourth-order valence-corrected chi connectivity index (χ4v) is 5.43. The van der Waals surface area contributed by atoms with E-state index < -0.39 is 109 Å². The number of primary amides is 2. The van der Waals surface area contributed by atoms with Gasteiger partial charge in [-0.1, -0.05) is 34.1 Å². The van der Waals surface area contributed by atoms with E-state index in [1.807, 2.05) is 19.2 Å². The Kier molecular flexibility index (Phi) is 18.7. The number of carbonyl (C=O) groups excluding carboxylic acids is 8. The first-order valence-corrected chi connectivity index (χ1v) is 17.2. The maximum atomic E-state index is 14.0. The van der Waals surface area contributed by atoms with E-state index in [1.54, 1.807) is 13.8 Å². The van der Waals surface area contributed by atoms with Gasteiger partial charge < -0.3 is 58.9 Å². The van der Waals surface area contributed by atoms with Crippen LogP contribution in [0.3, 0.4) is 0 Å². The fourth-order valence-electron chi connectivity index (χ4n) is 5.43. The molecule has 1 aliphatic heterocycles. The molecule has 0 radical (unpaired) electrons. The van der Waals surface area contributed by atoms with E-state index in [9.17, 15) is 48.3 Å². The molecular formula is C32H55N9O11. The van der Waals surface area contributed by atoms with Gasteiger partial charge in [-0.15, -0.1) is 0 Å². The number of aliphatic carboxylic acids is 1. The van der Waals surface area contributed by atoms with Gasteiger partial charge in [0.15, 0.2) is 6.04 Å². The number of carboxylic acids is 1. The summed E-state index contributed by atoms with van der Waals surface area (Å²) in [7, 11) is 0. The number of amides is 8. The number of likely N-dealkylation sites (tertiary alicyclic amines) is 1. The van der Waals surface area contributed by atoms with Crippen LogP contribution in [0.1, 0.15) is 79.6 Å². The quantitative estimate of drug-likeness (QED) is 0.0509. The van der Waals surface area contributed by atoms with Crippen LogP contribution in [0.4, 0.5) is 0 Å². The molecular weight excluding hydrogens is 686 g/mol. The zero-order valence-corrected chi connectivity index (χ0v) is 30.3. The predicted molar refractivity (Wildman–Crippen MR) is 184 cm³/mol. The van der Waals surface area contributed by atoms with Gasteiger partial charge in [0.25, 0.3) is 0 Å². The number of hydrogen-bond donors (Lipinski definition) is 10. The highest BCUT2D eigenvalue weighted by Crippen LogP contribution is 2.21. The molecule has 1 saturated heterocycles. The number of aliphatic hydroxyl groups excluding tert-OH is 1. The molecule has 8 amide bonds. The molecule has 0 aliphatic carbocycles. The van der Waals surface area contributed by atoms with Gasteiger partial charge >= 0.3 is 5.97 Å². The number of hydrogen-bond acceptors (Lipinski definition) is 11. The predicted octanol–water partition coefficient (Wildman–Crippen LogP) is -3.94. The molecule has 0 bridgehead atoms. The Bertz CT molecular complexity index is 1330. The van der Waals surface area contributed by atoms with Crippen LogP contribution in [-0.4, -0.2) is 124 Å². The van der Waals surface area contributed by atoms with Crippen molar-refractivity contribution in [2.75, 3.05) is 13.1 Å². The van der Waals surface area contributed by atoms with E-state index >= 15 is 0 Å². The van der Waals surface area contributed by atoms with Crippen molar-refractivity contribution in [3.8, 4) is 0 Å². The highest BCUT2D eigenvalue weighted by molar-refractivity contribution is 5.98. The summed E-state index contributed by atoms with van der Waals surface area (Å²) < 4.78 is 0. The first kappa shape index (κ1) is 45.2. The molecule has 0 spiro atoms. The molecule has 20 heteroatoms. The van der Waals surface area contributed by atoms with E-state index in [-0.39, 0.29) is 44.1 Å². The van der Waals surface area contributed by atoms with Crippen molar-refractivity contribution < 1.29 is 53.4 Å². The molecule has 13 N–H and O–H groups in total. The van der Waals surface area contributed by atoms with E-state index in [2.05, 4.69) is 21.3 Å². The minimum Gasteiger partial charge on any atom is -0.480 e. The molecule has 20 nitrogen and oxygen atoms in total. The number of carboxylic acid groups (broad SMARTS) is 1. The van der Waals surface area contributed by atoms with Crippen molar-refractivity contribution in [1.29, 1.82) is 0 Å². The van der Waals surface area contributed by atoms with Gasteiger partial charge in [0.05, 0.1) is 25.1 Å². The molecule has 0 unspecified atom stereocenters. The lowest BCUT2D eigenvalue weighted by molar-refractivity contribution is -0.144. The van der Waals surface area contributed by atoms with Crippen molar-refractivity contribution in [2.24, 2.45) is 29.0 Å². The molecule has 294 valence electrons. The second kappa shape index (κ2) is 21.5. The van der Waals surface area contributed by atoms with E-state index in [0.29, 0.717) is 12.8 Å². The maximum absolute atomic E-state index is 14.0. The normalized spacial score (nSPS) is 18.1. The van der Waals surface area contributed by atoms with Crippen LogP contribution >= 0.6 is 0 Å². The Labute approximate surface area is 302 Å². The van der Waals surface area contributed by atoms with Gasteiger partial charge in [0.1, 0.15) is 24.2 Å². The summed E-state index contributed by atoms with van der Waals surface area (Å²) in [5.74, 6) is -8.32. The van der Waals surface area contributed by atoms with Gasteiger partial charge in [-0.2, -0.15) is 0 Å². The minimum atomic E-state index is -1.65. The lowest BCUT2D eigenvalue weighted by Gasteiger charge is -2.32. The van der Waals surface area contributed by atoms with Crippen molar-refractivity contribution in [3.63, 3.8) is 0 Å². The second-order valence-electron chi connectivity index (χ2n) is 13.4. The first-order valence-electron chi connectivity index (χ1n) is 17.2. The van der Waals surface area contributed by atoms with Crippen LogP contribution < -0.4 is 43.8 Å². The summed E-state index contributed by atoms with van der Waals surface area (Å²) in [6.45, 7) is 7.70. The highest BCUT2D eigenvalue weighted by Gasteiger charge is 2.40. The molecule has 0 aromatic rings. The fraction of sp³-hybridized carbons (Fsp3) is 0.719. The first-order chi connectivity index (χ1) is 24.2.